The fourth-order valence-electron chi connectivity index (χ4n) is 4.31. The smallest absolute Gasteiger partial charge is 0.326 e. The van der Waals surface area contributed by atoms with Gasteiger partial charge in [0.15, 0.2) is 0 Å². The van der Waals surface area contributed by atoms with E-state index in [1.165, 1.54) is 6.26 Å². The zero-order valence-electron chi connectivity index (χ0n) is 18.3. The lowest BCUT2D eigenvalue weighted by Crippen LogP contribution is -2.49. The summed E-state index contributed by atoms with van der Waals surface area (Å²) >= 11 is 0. The van der Waals surface area contributed by atoms with E-state index >= 15 is 0 Å². The number of nitrogens with one attached hydrogen (secondary N) is 1. The van der Waals surface area contributed by atoms with Gasteiger partial charge < -0.3 is 19.2 Å². The molecule has 2 aliphatic rings. The van der Waals surface area contributed by atoms with E-state index in [1.807, 2.05) is 12.1 Å². The van der Waals surface area contributed by atoms with Gasteiger partial charge in [0.25, 0.3) is 5.91 Å². The van der Waals surface area contributed by atoms with Crippen LogP contribution in [0.25, 0.3) is 11.5 Å². The fourth-order valence-corrected chi connectivity index (χ4v) is 4.31. The molecule has 1 spiro atoms. The Hall–Kier alpha value is -3.36. The van der Waals surface area contributed by atoms with Gasteiger partial charge in [0.1, 0.15) is 36.4 Å². The quantitative estimate of drug-likeness (QED) is 0.518. The molecule has 2 heterocycles. The number of urea groups is 1. The highest BCUT2D eigenvalue weighted by Crippen LogP contribution is 2.37. The highest BCUT2D eigenvalue weighted by Gasteiger charge is 2.52. The molecule has 1 aromatic heterocycles. The van der Waals surface area contributed by atoms with Gasteiger partial charge in [-0.3, -0.25) is 14.5 Å². The van der Waals surface area contributed by atoms with E-state index in [9.17, 15) is 14.4 Å². The minimum atomic E-state index is -0.873. The van der Waals surface area contributed by atoms with Crippen molar-refractivity contribution in [2.45, 2.75) is 51.2 Å². The highest BCUT2D eigenvalue weighted by molar-refractivity contribution is 6.08. The maximum absolute atomic E-state index is 12.9. The van der Waals surface area contributed by atoms with Gasteiger partial charge in [0.05, 0.1) is 7.11 Å². The molecule has 0 unspecified atom stereocenters. The normalized spacial score (nSPS) is 22.8. The van der Waals surface area contributed by atoms with Crippen molar-refractivity contribution < 1.29 is 28.3 Å². The maximum atomic E-state index is 12.9. The lowest BCUT2D eigenvalue weighted by molar-refractivity contribution is -0.149. The zero-order chi connectivity index (χ0) is 22.7. The first-order valence-electron chi connectivity index (χ1n) is 10.8. The van der Waals surface area contributed by atoms with Crippen LogP contribution in [0.4, 0.5) is 4.79 Å². The Kier molecular flexibility index (Phi) is 6.16. The molecule has 3 amide bonds. The van der Waals surface area contributed by atoms with Gasteiger partial charge in [-0.15, -0.1) is 0 Å². The number of carbonyl (C=O) groups is 3. The molecule has 1 aromatic carbocycles. The van der Waals surface area contributed by atoms with Crippen molar-refractivity contribution in [3.05, 3.63) is 36.2 Å². The minimum absolute atomic E-state index is 0.120. The Bertz CT molecular complexity index is 991. The number of esters is 1. The molecule has 1 aliphatic heterocycles. The zero-order valence-corrected chi connectivity index (χ0v) is 18.3. The second kappa shape index (κ2) is 9.02. The Morgan fingerprint density at radius 3 is 2.62 bits per heavy atom. The molecule has 32 heavy (non-hydrogen) atoms. The van der Waals surface area contributed by atoms with Gasteiger partial charge in [-0.25, -0.2) is 9.78 Å². The van der Waals surface area contributed by atoms with E-state index in [-0.39, 0.29) is 12.5 Å². The van der Waals surface area contributed by atoms with Gasteiger partial charge in [-0.2, -0.15) is 0 Å². The van der Waals surface area contributed by atoms with Crippen LogP contribution in [-0.4, -0.2) is 47.0 Å². The third-order valence-electron chi connectivity index (χ3n) is 6.34. The summed E-state index contributed by atoms with van der Waals surface area (Å²) in [6.07, 6.45) is 5.47. The van der Waals surface area contributed by atoms with Crippen molar-refractivity contribution >= 4 is 17.9 Å². The number of amides is 3. The predicted octanol–water partition coefficient (Wildman–Crippen LogP) is 3.28. The van der Waals surface area contributed by atoms with Gasteiger partial charge >= 0.3 is 12.0 Å². The molecule has 170 valence electrons. The first kappa shape index (κ1) is 21.9. The largest absolute Gasteiger partial charge is 0.497 e. The van der Waals surface area contributed by atoms with Crippen molar-refractivity contribution in [2.24, 2.45) is 5.92 Å². The fraction of sp³-hybridized carbons (Fsp3) is 0.478. The monoisotopic (exact) mass is 441 g/mol. The molecule has 0 radical (unpaired) electrons. The van der Waals surface area contributed by atoms with Crippen LogP contribution in [0.1, 0.15) is 44.7 Å². The summed E-state index contributed by atoms with van der Waals surface area (Å²) in [6.45, 7) is 1.59. The maximum Gasteiger partial charge on any atom is 0.326 e. The number of ether oxygens (including phenoxy) is 2. The summed E-state index contributed by atoms with van der Waals surface area (Å²) in [5.41, 5.74) is 0.309. The number of imide groups is 1. The van der Waals surface area contributed by atoms with E-state index in [1.54, 1.807) is 19.2 Å². The SMILES string of the molecule is CCC1CCC2(CC1)NC(=O)N(CC(=O)OCc1coc(-c3ccc(OC)cc3)n1)C2=O. The number of benzene rings is 1. The molecule has 1 N–H and O–H groups in total. The van der Waals surface area contributed by atoms with Crippen LogP contribution < -0.4 is 10.1 Å². The number of hydrogen-bond acceptors (Lipinski definition) is 7. The number of hydrogen-bond donors (Lipinski definition) is 1. The van der Waals surface area contributed by atoms with Crippen LogP contribution >= 0.6 is 0 Å². The summed E-state index contributed by atoms with van der Waals surface area (Å²) in [4.78, 5) is 42.9. The number of carbonyl (C=O) groups excluding carboxylic acids is 3. The van der Waals surface area contributed by atoms with Crippen LogP contribution in [0.15, 0.2) is 34.9 Å². The van der Waals surface area contributed by atoms with Crippen LogP contribution in [-0.2, 0) is 20.9 Å². The number of aromatic nitrogens is 1. The van der Waals surface area contributed by atoms with E-state index in [4.69, 9.17) is 13.9 Å². The van der Waals surface area contributed by atoms with Crippen LogP contribution in [0.3, 0.4) is 0 Å². The number of oxazole rings is 1. The van der Waals surface area contributed by atoms with Crippen LogP contribution in [0.5, 0.6) is 5.75 Å². The predicted molar refractivity (Wildman–Crippen MR) is 114 cm³/mol. The number of nitrogens with zero attached hydrogens (tertiary/aromatic N) is 2. The molecular weight excluding hydrogens is 414 g/mol. The molecule has 4 rings (SSSR count). The van der Waals surface area contributed by atoms with Crippen molar-refractivity contribution in [3.63, 3.8) is 0 Å². The lowest BCUT2D eigenvalue weighted by atomic mass is 9.75. The van der Waals surface area contributed by atoms with Crippen LogP contribution in [0, 0.1) is 5.92 Å². The molecule has 2 fully saturated rings. The summed E-state index contributed by atoms with van der Waals surface area (Å²) in [7, 11) is 1.59. The number of rotatable bonds is 7. The molecule has 0 bridgehead atoms. The summed E-state index contributed by atoms with van der Waals surface area (Å²) < 4.78 is 15.8. The standard InChI is InChI=1S/C23H27N3O6/c1-3-15-8-10-23(11-9-15)21(28)26(22(29)25-23)12-19(27)31-13-17-14-32-20(24-17)16-4-6-18(30-2)7-5-16/h4-7,14-15H,3,8-13H2,1-2H3,(H,25,29). The van der Waals surface area contributed by atoms with E-state index in [2.05, 4.69) is 17.2 Å². The van der Waals surface area contributed by atoms with Crippen LogP contribution in [0.2, 0.25) is 0 Å². The van der Waals surface area contributed by atoms with Crippen molar-refractivity contribution in [1.29, 1.82) is 0 Å². The molecule has 0 atom stereocenters. The van der Waals surface area contributed by atoms with E-state index in [0.29, 0.717) is 30.3 Å². The van der Waals surface area contributed by atoms with E-state index < -0.39 is 24.1 Å². The molecule has 1 saturated carbocycles. The van der Waals surface area contributed by atoms with Crippen molar-refractivity contribution in [3.8, 4) is 17.2 Å². The van der Waals surface area contributed by atoms with Crippen molar-refractivity contribution in [2.75, 3.05) is 13.7 Å². The van der Waals surface area contributed by atoms with Gasteiger partial charge in [0, 0.05) is 5.56 Å². The third kappa shape index (κ3) is 4.32. The molecule has 1 saturated heterocycles. The highest BCUT2D eigenvalue weighted by atomic mass is 16.5. The van der Waals surface area contributed by atoms with E-state index in [0.717, 1.165) is 35.5 Å². The Morgan fingerprint density at radius 1 is 1.25 bits per heavy atom. The summed E-state index contributed by atoms with van der Waals surface area (Å²) in [6, 6.07) is 6.66. The summed E-state index contributed by atoms with van der Waals surface area (Å²) in [5, 5.41) is 2.82. The Morgan fingerprint density at radius 2 is 1.97 bits per heavy atom. The summed E-state index contributed by atoms with van der Waals surface area (Å²) in [5.74, 6) is 0.668. The molecule has 9 heteroatoms. The Labute approximate surface area is 186 Å². The lowest BCUT2D eigenvalue weighted by Gasteiger charge is -2.34. The van der Waals surface area contributed by atoms with Gasteiger partial charge in [-0.05, 0) is 55.9 Å². The second-order valence-corrected chi connectivity index (χ2v) is 8.29. The average molecular weight is 441 g/mol. The molecule has 9 nitrogen and oxygen atoms in total. The molecular formula is C23H27N3O6. The molecule has 2 aromatic rings. The molecule has 1 aliphatic carbocycles. The topological polar surface area (TPSA) is 111 Å². The third-order valence-corrected chi connectivity index (χ3v) is 6.34. The second-order valence-electron chi connectivity index (χ2n) is 8.29. The Balaban J connectivity index is 1.31. The van der Waals surface area contributed by atoms with Crippen molar-refractivity contribution in [1.82, 2.24) is 15.2 Å². The average Bonchev–Trinajstić information content (AvgIpc) is 3.37. The number of methoxy groups -OCH3 is 1. The van der Waals surface area contributed by atoms with Gasteiger partial charge in [-0.1, -0.05) is 13.3 Å². The minimum Gasteiger partial charge on any atom is -0.497 e. The first-order chi connectivity index (χ1) is 15.4. The van der Waals surface area contributed by atoms with Gasteiger partial charge in [0.2, 0.25) is 5.89 Å². The first-order valence-corrected chi connectivity index (χ1v) is 10.8.